The van der Waals surface area contributed by atoms with Gasteiger partial charge in [0.2, 0.25) is 0 Å². The van der Waals surface area contributed by atoms with Crippen molar-refractivity contribution in [3.63, 3.8) is 0 Å². The molecule has 0 aliphatic heterocycles. The summed E-state index contributed by atoms with van der Waals surface area (Å²) in [6.07, 6.45) is 0.970. The van der Waals surface area contributed by atoms with Gasteiger partial charge in [0.25, 0.3) is 0 Å². The molecule has 7 heteroatoms. The van der Waals surface area contributed by atoms with E-state index in [1.807, 2.05) is 13.1 Å². The molecule has 0 saturated carbocycles. The van der Waals surface area contributed by atoms with Crippen molar-refractivity contribution in [2.24, 2.45) is 7.05 Å². The van der Waals surface area contributed by atoms with Crippen LogP contribution < -0.4 is 10.1 Å². The second-order valence-electron chi connectivity index (χ2n) is 4.67. The van der Waals surface area contributed by atoms with E-state index >= 15 is 0 Å². The number of hydrogen-bond acceptors (Lipinski definition) is 4. The minimum absolute atomic E-state index is 0.195. The Morgan fingerprint density at radius 1 is 1.48 bits per heavy atom. The molecule has 0 bridgehead atoms. The zero-order valence-electron chi connectivity index (χ0n) is 12.2. The van der Waals surface area contributed by atoms with E-state index in [1.165, 1.54) is 13.2 Å². The van der Waals surface area contributed by atoms with Crippen LogP contribution in [0.25, 0.3) is 0 Å². The van der Waals surface area contributed by atoms with E-state index in [1.54, 1.807) is 10.7 Å². The van der Waals surface area contributed by atoms with Gasteiger partial charge >= 0.3 is 0 Å². The Balaban J connectivity index is 2.43. The Morgan fingerprint density at radius 2 is 2.24 bits per heavy atom. The Bertz CT molecular complexity index is 598. The number of aromatic nitrogens is 3. The Kier molecular flexibility index (Phi) is 5.30. The summed E-state index contributed by atoms with van der Waals surface area (Å²) < 4.78 is 21.3. The molecule has 0 radical (unpaired) electrons. The van der Waals surface area contributed by atoms with Crippen molar-refractivity contribution in [3.05, 3.63) is 39.9 Å². The van der Waals surface area contributed by atoms with Crippen LogP contribution in [0.3, 0.4) is 0 Å². The number of nitrogens with zero attached hydrogens (tertiary/aromatic N) is 3. The lowest BCUT2D eigenvalue weighted by molar-refractivity contribution is 0.385. The minimum atomic E-state index is -0.385. The molecule has 21 heavy (non-hydrogen) atoms. The molecule has 1 N–H and O–H groups in total. The first-order valence-corrected chi connectivity index (χ1v) is 7.49. The van der Waals surface area contributed by atoms with Crippen LogP contribution in [0.2, 0.25) is 0 Å². The average Bonchev–Trinajstić information content (AvgIpc) is 2.80. The monoisotopic (exact) mass is 356 g/mol. The lowest BCUT2D eigenvalue weighted by atomic mass is 10.0. The molecular weight excluding hydrogens is 339 g/mol. The summed E-state index contributed by atoms with van der Waals surface area (Å²) in [5.41, 5.74) is 1.65. The first-order valence-electron chi connectivity index (χ1n) is 6.70. The van der Waals surface area contributed by atoms with Gasteiger partial charge in [-0.1, -0.05) is 18.2 Å². The number of benzene rings is 1. The number of rotatable bonds is 6. The molecular formula is C14H18BrFN4O. The predicted octanol–water partition coefficient (Wildman–Crippen LogP) is 2.81. The SMILES string of the molecule is CCCNC(c1ccc(OC)c(F)c1)c1c(Br)nnn1C. The smallest absolute Gasteiger partial charge is 0.165 e. The van der Waals surface area contributed by atoms with Gasteiger partial charge in [0.1, 0.15) is 0 Å². The van der Waals surface area contributed by atoms with E-state index in [0.29, 0.717) is 4.60 Å². The molecule has 1 heterocycles. The Labute approximate surface area is 131 Å². The highest BCUT2D eigenvalue weighted by Crippen LogP contribution is 2.29. The molecule has 2 rings (SSSR count). The van der Waals surface area contributed by atoms with Gasteiger partial charge in [-0.2, -0.15) is 0 Å². The highest BCUT2D eigenvalue weighted by molar-refractivity contribution is 9.10. The van der Waals surface area contributed by atoms with E-state index < -0.39 is 0 Å². The molecule has 1 aromatic carbocycles. The zero-order valence-corrected chi connectivity index (χ0v) is 13.8. The van der Waals surface area contributed by atoms with Gasteiger partial charge in [0.05, 0.1) is 18.8 Å². The van der Waals surface area contributed by atoms with Crippen LogP contribution in [0, 0.1) is 5.82 Å². The fraction of sp³-hybridized carbons (Fsp3) is 0.429. The molecule has 5 nitrogen and oxygen atoms in total. The molecule has 0 fully saturated rings. The van der Waals surface area contributed by atoms with Crippen LogP contribution in [0.5, 0.6) is 5.75 Å². The number of methoxy groups -OCH3 is 1. The van der Waals surface area contributed by atoms with Crippen LogP contribution in [0.4, 0.5) is 4.39 Å². The molecule has 0 amide bonds. The standard InChI is InChI=1S/C14H18BrFN4O/c1-4-7-17-12(13-14(15)18-19-20(13)2)9-5-6-11(21-3)10(16)8-9/h5-6,8,12,17H,4,7H2,1-3H3. The van der Waals surface area contributed by atoms with Crippen molar-refractivity contribution in [2.45, 2.75) is 19.4 Å². The quantitative estimate of drug-likeness (QED) is 0.864. The summed E-state index contributed by atoms with van der Waals surface area (Å²) in [4.78, 5) is 0. The van der Waals surface area contributed by atoms with Gasteiger partial charge in [0, 0.05) is 7.05 Å². The normalized spacial score (nSPS) is 12.4. The van der Waals surface area contributed by atoms with Crippen LogP contribution in [0.1, 0.15) is 30.6 Å². The lowest BCUT2D eigenvalue weighted by Gasteiger charge is -2.20. The first kappa shape index (κ1) is 15.9. The topological polar surface area (TPSA) is 52.0 Å². The van der Waals surface area contributed by atoms with Gasteiger partial charge in [-0.05, 0) is 46.6 Å². The summed E-state index contributed by atoms with van der Waals surface area (Å²) >= 11 is 3.40. The summed E-state index contributed by atoms with van der Waals surface area (Å²) in [6.45, 7) is 2.88. The second-order valence-corrected chi connectivity index (χ2v) is 5.42. The van der Waals surface area contributed by atoms with Gasteiger partial charge in [-0.3, -0.25) is 0 Å². The fourth-order valence-corrected chi connectivity index (χ4v) is 2.72. The van der Waals surface area contributed by atoms with Gasteiger partial charge in [-0.15, -0.1) is 5.10 Å². The van der Waals surface area contributed by atoms with E-state index in [0.717, 1.165) is 24.2 Å². The van der Waals surface area contributed by atoms with E-state index in [4.69, 9.17) is 4.74 Å². The van der Waals surface area contributed by atoms with E-state index in [9.17, 15) is 4.39 Å². The van der Waals surface area contributed by atoms with E-state index in [-0.39, 0.29) is 17.6 Å². The van der Waals surface area contributed by atoms with Gasteiger partial charge in [0.15, 0.2) is 16.2 Å². The molecule has 0 spiro atoms. The molecule has 1 aromatic heterocycles. The number of hydrogen-bond donors (Lipinski definition) is 1. The lowest BCUT2D eigenvalue weighted by Crippen LogP contribution is -2.25. The van der Waals surface area contributed by atoms with Crippen molar-refractivity contribution < 1.29 is 9.13 Å². The third kappa shape index (κ3) is 3.41. The molecule has 0 aliphatic carbocycles. The molecule has 2 aromatic rings. The van der Waals surface area contributed by atoms with Crippen LogP contribution in [-0.2, 0) is 7.05 Å². The molecule has 0 saturated heterocycles. The maximum atomic E-state index is 14.0. The van der Waals surface area contributed by atoms with Gasteiger partial charge in [-0.25, -0.2) is 9.07 Å². The summed E-state index contributed by atoms with van der Waals surface area (Å²) in [5.74, 6) is -0.153. The third-order valence-corrected chi connectivity index (χ3v) is 3.77. The predicted molar refractivity (Wildman–Crippen MR) is 81.8 cm³/mol. The number of aryl methyl sites for hydroxylation is 1. The average molecular weight is 357 g/mol. The molecule has 1 atom stereocenters. The number of nitrogens with one attached hydrogen (secondary N) is 1. The summed E-state index contributed by atoms with van der Waals surface area (Å²) in [6, 6.07) is 4.75. The Hall–Kier alpha value is -1.47. The van der Waals surface area contributed by atoms with Crippen molar-refractivity contribution in [2.75, 3.05) is 13.7 Å². The largest absolute Gasteiger partial charge is 0.494 e. The number of halogens is 2. The fourth-order valence-electron chi connectivity index (χ4n) is 2.17. The van der Waals surface area contributed by atoms with Crippen LogP contribution in [0.15, 0.2) is 22.8 Å². The van der Waals surface area contributed by atoms with Crippen molar-refractivity contribution in [1.82, 2.24) is 20.3 Å². The zero-order chi connectivity index (χ0) is 15.4. The molecule has 114 valence electrons. The first-order chi connectivity index (χ1) is 10.1. The van der Waals surface area contributed by atoms with Crippen LogP contribution >= 0.6 is 15.9 Å². The highest BCUT2D eigenvalue weighted by Gasteiger charge is 2.22. The second kappa shape index (κ2) is 7.00. The van der Waals surface area contributed by atoms with E-state index in [2.05, 4.69) is 38.5 Å². The maximum absolute atomic E-state index is 14.0. The van der Waals surface area contributed by atoms with Gasteiger partial charge < -0.3 is 10.1 Å². The van der Waals surface area contributed by atoms with Crippen LogP contribution in [-0.4, -0.2) is 28.6 Å². The molecule has 1 unspecified atom stereocenters. The summed E-state index contributed by atoms with van der Waals surface area (Å²) in [7, 11) is 3.26. The minimum Gasteiger partial charge on any atom is -0.494 e. The third-order valence-electron chi connectivity index (χ3n) is 3.21. The maximum Gasteiger partial charge on any atom is 0.165 e. The van der Waals surface area contributed by atoms with Crippen molar-refractivity contribution in [1.29, 1.82) is 0 Å². The Morgan fingerprint density at radius 3 is 2.76 bits per heavy atom. The highest BCUT2D eigenvalue weighted by atomic mass is 79.9. The van der Waals surface area contributed by atoms with Crippen molar-refractivity contribution >= 4 is 15.9 Å². The number of ether oxygens (including phenoxy) is 1. The summed E-state index contributed by atoms with van der Waals surface area (Å²) in [5, 5.41) is 11.4. The van der Waals surface area contributed by atoms with Crippen molar-refractivity contribution in [3.8, 4) is 5.75 Å². The molecule has 0 aliphatic rings.